The van der Waals surface area contributed by atoms with E-state index in [1.54, 1.807) is 4.68 Å². The molecule has 2 aromatic carbocycles. The molecule has 23 heavy (non-hydrogen) atoms. The summed E-state index contributed by atoms with van der Waals surface area (Å²) in [5.74, 6) is 0. The van der Waals surface area contributed by atoms with E-state index in [1.165, 1.54) is 16.7 Å². The lowest BCUT2D eigenvalue weighted by atomic mass is 10.0. The van der Waals surface area contributed by atoms with Gasteiger partial charge in [0.2, 0.25) is 0 Å². The molecule has 0 atom stereocenters. The minimum absolute atomic E-state index is 0.354. The highest BCUT2D eigenvalue weighted by atomic mass is 16.1. The second-order valence-corrected chi connectivity index (χ2v) is 5.67. The van der Waals surface area contributed by atoms with Crippen LogP contribution in [0.3, 0.4) is 0 Å². The van der Waals surface area contributed by atoms with Crippen molar-refractivity contribution in [1.29, 1.82) is 0 Å². The van der Waals surface area contributed by atoms with Gasteiger partial charge in [-0.1, -0.05) is 36.4 Å². The third-order valence-corrected chi connectivity index (χ3v) is 4.18. The first-order valence-corrected chi connectivity index (χ1v) is 7.72. The topological polar surface area (TPSA) is 47.8 Å². The molecule has 0 saturated carbocycles. The summed E-state index contributed by atoms with van der Waals surface area (Å²) in [6, 6.07) is 14.3. The minimum Gasteiger partial charge on any atom is -0.296 e. The Hall–Kier alpha value is -2.75. The Morgan fingerprint density at radius 2 is 1.78 bits per heavy atom. The molecular formula is C19H19N3O. The summed E-state index contributed by atoms with van der Waals surface area (Å²) in [5, 5.41) is 8.20. The van der Waals surface area contributed by atoms with Gasteiger partial charge in [-0.05, 0) is 55.2 Å². The molecule has 0 amide bonds. The van der Waals surface area contributed by atoms with Crippen LogP contribution in [0.4, 0.5) is 0 Å². The molecule has 0 bridgehead atoms. The summed E-state index contributed by atoms with van der Waals surface area (Å²) in [4.78, 5) is 11.4. The van der Waals surface area contributed by atoms with Crippen molar-refractivity contribution in [3.8, 4) is 16.9 Å². The number of hydrogen-bond acceptors (Lipinski definition) is 3. The molecule has 0 aliphatic heterocycles. The lowest BCUT2D eigenvalue weighted by Gasteiger charge is -2.09. The van der Waals surface area contributed by atoms with Crippen LogP contribution < -0.4 is 0 Å². The Bertz CT molecular complexity index is 848. The van der Waals surface area contributed by atoms with Crippen LogP contribution in [0, 0.1) is 13.8 Å². The molecule has 1 aromatic heterocycles. The normalized spacial score (nSPS) is 10.7. The van der Waals surface area contributed by atoms with Gasteiger partial charge in [0.25, 0.3) is 0 Å². The van der Waals surface area contributed by atoms with E-state index in [9.17, 15) is 4.79 Å². The second-order valence-electron chi connectivity index (χ2n) is 5.67. The van der Waals surface area contributed by atoms with Gasteiger partial charge in [-0.2, -0.15) is 0 Å². The van der Waals surface area contributed by atoms with E-state index in [1.807, 2.05) is 18.2 Å². The molecule has 0 spiro atoms. The largest absolute Gasteiger partial charge is 0.296 e. The highest BCUT2D eigenvalue weighted by molar-refractivity contribution is 5.84. The zero-order chi connectivity index (χ0) is 16.4. The number of aromatic nitrogens is 3. The Morgan fingerprint density at radius 3 is 2.39 bits per heavy atom. The van der Waals surface area contributed by atoms with Crippen molar-refractivity contribution in [2.45, 2.75) is 27.2 Å². The smallest absolute Gasteiger partial charge is 0.172 e. The van der Waals surface area contributed by atoms with Crippen LogP contribution in [0.15, 0.2) is 42.5 Å². The molecule has 3 aromatic rings. The summed E-state index contributed by atoms with van der Waals surface area (Å²) in [7, 11) is 0. The first kappa shape index (κ1) is 15.2. The molecule has 0 unspecified atom stereocenters. The van der Waals surface area contributed by atoms with Crippen molar-refractivity contribution in [2.75, 3.05) is 0 Å². The highest BCUT2D eigenvalue weighted by Crippen LogP contribution is 2.26. The van der Waals surface area contributed by atoms with Gasteiger partial charge in [0, 0.05) is 5.56 Å². The molecule has 0 saturated heterocycles. The highest BCUT2D eigenvalue weighted by Gasteiger charge is 2.16. The zero-order valence-electron chi connectivity index (χ0n) is 13.6. The Kier molecular flexibility index (Phi) is 4.06. The van der Waals surface area contributed by atoms with Crippen LogP contribution >= 0.6 is 0 Å². The molecule has 116 valence electrons. The van der Waals surface area contributed by atoms with E-state index in [4.69, 9.17) is 0 Å². The number of aldehydes is 1. The maximum atomic E-state index is 11.4. The van der Waals surface area contributed by atoms with Crippen molar-refractivity contribution in [1.82, 2.24) is 15.0 Å². The summed E-state index contributed by atoms with van der Waals surface area (Å²) in [6.07, 6.45) is 1.75. The fraction of sp³-hybridized carbons (Fsp3) is 0.211. The van der Waals surface area contributed by atoms with Crippen LogP contribution in [0.5, 0.6) is 0 Å². The van der Waals surface area contributed by atoms with Crippen LogP contribution in [0.2, 0.25) is 0 Å². The van der Waals surface area contributed by atoms with Gasteiger partial charge in [-0.25, -0.2) is 4.68 Å². The first-order valence-electron chi connectivity index (χ1n) is 7.72. The summed E-state index contributed by atoms with van der Waals surface area (Å²) < 4.78 is 1.73. The number of hydrogen-bond donors (Lipinski definition) is 0. The van der Waals surface area contributed by atoms with Crippen molar-refractivity contribution < 1.29 is 4.79 Å². The van der Waals surface area contributed by atoms with Crippen molar-refractivity contribution in [3.63, 3.8) is 0 Å². The van der Waals surface area contributed by atoms with Crippen LogP contribution in [-0.4, -0.2) is 21.3 Å². The second kappa shape index (κ2) is 6.16. The van der Waals surface area contributed by atoms with E-state index in [-0.39, 0.29) is 0 Å². The number of carbonyl (C=O) groups is 1. The summed E-state index contributed by atoms with van der Waals surface area (Å²) in [6.45, 7) is 6.25. The predicted molar refractivity (Wildman–Crippen MR) is 91.0 cm³/mol. The molecule has 4 heteroatoms. The molecule has 0 aliphatic rings. The maximum absolute atomic E-state index is 11.4. The van der Waals surface area contributed by atoms with Gasteiger partial charge in [0.05, 0.1) is 5.69 Å². The summed E-state index contributed by atoms with van der Waals surface area (Å²) in [5.41, 5.74) is 6.58. The Labute approximate surface area is 135 Å². The third-order valence-electron chi connectivity index (χ3n) is 4.18. The first-order chi connectivity index (χ1) is 11.1. The SMILES string of the molecule is CCc1ccc(-n2nnc(C=O)c2-c2ccc(C)c(C)c2)cc1. The molecule has 0 aliphatic carbocycles. The molecule has 1 heterocycles. The van der Waals surface area contributed by atoms with Gasteiger partial charge >= 0.3 is 0 Å². The molecular weight excluding hydrogens is 286 g/mol. The van der Waals surface area contributed by atoms with Crippen molar-refractivity contribution in [3.05, 3.63) is 64.8 Å². The van der Waals surface area contributed by atoms with Gasteiger partial charge in [0.15, 0.2) is 12.0 Å². The average molecular weight is 305 g/mol. The van der Waals surface area contributed by atoms with E-state index in [0.29, 0.717) is 5.69 Å². The molecule has 4 nitrogen and oxygen atoms in total. The number of benzene rings is 2. The standard InChI is InChI=1S/C19H19N3O/c1-4-15-6-9-17(10-7-15)22-19(18(12-23)20-21-22)16-8-5-13(2)14(3)11-16/h5-12H,4H2,1-3H3. The van der Waals surface area contributed by atoms with Gasteiger partial charge in [0.1, 0.15) is 5.69 Å². The van der Waals surface area contributed by atoms with Gasteiger partial charge in [-0.15, -0.1) is 5.10 Å². The quantitative estimate of drug-likeness (QED) is 0.686. The third kappa shape index (κ3) is 2.80. The van der Waals surface area contributed by atoms with Crippen LogP contribution in [0.25, 0.3) is 16.9 Å². The molecule has 3 rings (SSSR count). The van der Waals surface area contributed by atoms with E-state index >= 15 is 0 Å². The van der Waals surface area contributed by atoms with E-state index in [2.05, 4.69) is 55.3 Å². The van der Waals surface area contributed by atoms with E-state index < -0.39 is 0 Å². The Balaban J connectivity index is 2.16. The summed E-state index contributed by atoms with van der Waals surface area (Å²) >= 11 is 0. The van der Waals surface area contributed by atoms with Gasteiger partial charge in [-0.3, -0.25) is 4.79 Å². The monoisotopic (exact) mass is 305 g/mol. The molecule has 0 fully saturated rings. The molecule has 0 radical (unpaired) electrons. The predicted octanol–water partition coefficient (Wildman–Crippen LogP) is 3.93. The average Bonchev–Trinajstić information content (AvgIpc) is 3.01. The number of carbonyl (C=O) groups excluding carboxylic acids is 1. The van der Waals surface area contributed by atoms with Gasteiger partial charge < -0.3 is 0 Å². The van der Waals surface area contributed by atoms with Crippen molar-refractivity contribution >= 4 is 6.29 Å². The van der Waals surface area contributed by atoms with Crippen molar-refractivity contribution in [2.24, 2.45) is 0 Å². The zero-order valence-corrected chi connectivity index (χ0v) is 13.6. The van der Waals surface area contributed by atoms with Crippen LogP contribution in [0.1, 0.15) is 34.1 Å². The lowest BCUT2D eigenvalue weighted by molar-refractivity contribution is 0.111. The fourth-order valence-corrected chi connectivity index (χ4v) is 2.59. The Morgan fingerprint density at radius 1 is 1.04 bits per heavy atom. The minimum atomic E-state index is 0.354. The number of rotatable bonds is 4. The number of aryl methyl sites for hydroxylation is 3. The lowest BCUT2D eigenvalue weighted by Crippen LogP contribution is -2.01. The van der Waals surface area contributed by atoms with E-state index in [0.717, 1.165) is 29.7 Å². The maximum Gasteiger partial charge on any atom is 0.172 e. The number of nitrogens with zero attached hydrogens (tertiary/aromatic N) is 3. The van der Waals surface area contributed by atoms with Crippen LogP contribution in [-0.2, 0) is 6.42 Å². The fourth-order valence-electron chi connectivity index (χ4n) is 2.59. The molecule has 0 N–H and O–H groups in total.